The molecule has 4 rings (SSSR count). The molecule has 156 valence electrons. The van der Waals surface area contributed by atoms with Crippen LogP contribution in [0.25, 0.3) is 11.1 Å². The van der Waals surface area contributed by atoms with Crippen molar-refractivity contribution in [2.45, 2.75) is 12.9 Å². The van der Waals surface area contributed by atoms with Crippen LogP contribution < -0.4 is 9.64 Å². The zero-order chi connectivity index (χ0) is 21.1. The summed E-state index contributed by atoms with van der Waals surface area (Å²) in [5.74, 6) is -0.216. The predicted molar refractivity (Wildman–Crippen MR) is 110 cm³/mol. The van der Waals surface area contributed by atoms with Crippen LogP contribution in [0.2, 0.25) is 5.02 Å². The zero-order valence-electron chi connectivity index (χ0n) is 15.9. The van der Waals surface area contributed by atoms with Gasteiger partial charge in [0.15, 0.2) is 0 Å². The number of anilines is 1. The van der Waals surface area contributed by atoms with E-state index in [0.29, 0.717) is 11.7 Å². The second-order valence-corrected chi connectivity index (χ2v) is 7.48. The Balaban J connectivity index is 1.43. The number of rotatable bonds is 5. The number of aromatic nitrogens is 1. The average Bonchev–Trinajstić information content (AvgIpc) is 3.17. The van der Waals surface area contributed by atoms with Gasteiger partial charge >= 0.3 is 6.36 Å². The number of halogens is 4. The highest BCUT2D eigenvalue weighted by molar-refractivity contribution is 6.30. The van der Waals surface area contributed by atoms with E-state index >= 15 is 0 Å². The summed E-state index contributed by atoms with van der Waals surface area (Å²) in [7, 11) is 0. The fourth-order valence-corrected chi connectivity index (χ4v) is 3.66. The number of pyridine rings is 1. The molecule has 8 heteroatoms. The van der Waals surface area contributed by atoms with Gasteiger partial charge in [-0.1, -0.05) is 23.7 Å². The molecule has 2 heterocycles. The van der Waals surface area contributed by atoms with E-state index in [9.17, 15) is 13.2 Å². The van der Waals surface area contributed by atoms with Crippen molar-refractivity contribution in [3.8, 4) is 16.9 Å². The van der Waals surface area contributed by atoms with Crippen LogP contribution >= 0.6 is 11.6 Å². The number of alkyl halides is 3. The molecule has 4 nitrogen and oxygen atoms in total. The van der Waals surface area contributed by atoms with Crippen LogP contribution in [-0.4, -0.2) is 36.0 Å². The van der Waals surface area contributed by atoms with Crippen LogP contribution in [0.3, 0.4) is 0 Å². The average molecular weight is 434 g/mol. The van der Waals surface area contributed by atoms with Crippen LogP contribution in [0.4, 0.5) is 18.9 Å². The van der Waals surface area contributed by atoms with Crippen molar-refractivity contribution in [1.82, 2.24) is 9.88 Å². The van der Waals surface area contributed by atoms with Crippen molar-refractivity contribution < 1.29 is 17.9 Å². The molecule has 0 N–H and O–H groups in total. The van der Waals surface area contributed by atoms with Gasteiger partial charge in [-0.2, -0.15) is 0 Å². The first-order chi connectivity index (χ1) is 14.4. The number of nitrogens with zero attached hydrogens (tertiary/aromatic N) is 3. The lowest BCUT2D eigenvalue weighted by molar-refractivity contribution is -0.274. The summed E-state index contributed by atoms with van der Waals surface area (Å²) >= 11 is 6.00. The summed E-state index contributed by atoms with van der Waals surface area (Å²) in [6.07, 6.45) is -1.05. The van der Waals surface area contributed by atoms with Gasteiger partial charge in [-0.3, -0.25) is 9.88 Å². The maximum Gasteiger partial charge on any atom is 0.573 e. The molecule has 3 aromatic rings. The van der Waals surface area contributed by atoms with Gasteiger partial charge in [0, 0.05) is 48.3 Å². The first-order valence-electron chi connectivity index (χ1n) is 9.39. The molecule has 0 bridgehead atoms. The van der Waals surface area contributed by atoms with E-state index in [2.05, 4.69) is 19.5 Å². The van der Waals surface area contributed by atoms with Gasteiger partial charge in [0.2, 0.25) is 0 Å². The van der Waals surface area contributed by atoms with Gasteiger partial charge in [0.25, 0.3) is 0 Å². The van der Waals surface area contributed by atoms with Gasteiger partial charge in [-0.05, 0) is 53.6 Å². The molecule has 1 fully saturated rings. The fraction of sp³-hybridized carbons (Fsp3) is 0.227. The van der Waals surface area contributed by atoms with E-state index in [1.165, 1.54) is 12.1 Å². The quantitative estimate of drug-likeness (QED) is 0.525. The van der Waals surface area contributed by atoms with E-state index < -0.39 is 6.36 Å². The van der Waals surface area contributed by atoms with Gasteiger partial charge in [0.05, 0.1) is 6.67 Å². The summed E-state index contributed by atoms with van der Waals surface area (Å²) in [6.45, 7) is 3.07. The van der Waals surface area contributed by atoms with Crippen molar-refractivity contribution >= 4 is 17.3 Å². The Bertz CT molecular complexity index is 994. The van der Waals surface area contributed by atoms with Crippen LogP contribution in [0.1, 0.15) is 5.56 Å². The Hall–Kier alpha value is -2.77. The maximum atomic E-state index is 12.3. The maximum absolute atomic E-state index is 12.3. The van der Waals surface area contributed by atoms with Gasteiger partial charge in [-0.25, -0.2) is 0 Å². The smallest absolute Gasteiger partial charge is 0.406 e. The second kappa shape index (κ2) is 8.53. The third kappa shape index (κ3) is 5.04. The predicted octanol–water partition coefficient (Wildman–Crippen LogP) is 5.58. The molecule has 1 aromatic heterocycles. The lowest BCUT2D eigenvalue weighted by Crippen LogP contribution is -2.25. The largest absolute Gasteiger partial charge is 0.573 e. The lowest BCUT2D eigenvalue weighted by Gasteiger charge is -2.21. The van der Waals surface area contributed by atoms with Crippen molar-refractivity contribution in [1.29, 1.82) is 0 Å². The monoisotopic (exact) mass is 433 g/mol. The molecule has 0 radical (unpaired) electrons. The Morgan fingerprint density at radius 2 is 1.70 bits per heavy atom. The molecule has 0 amide bonds. The normalized spacial score (nSPS) is 14.9. The molecular weight excluding hydrogens is 415 g/mol. The molecular formula is C22H19ClF3N3O. The molecule has 1 saturated heterocycles. The zero-order valence-corrected chi connectivity index (χ0v) is 16.7. The first-order valence-corrected chi connectivity index (χ1v) is 9.77. The Morgan fingerprint density at radius 1 is 0.967 bits per heavy atom. The van der Waals surface area contributed by atoms with Crippen molar-refractivity contribution in [2.75, 3.05) is 24.7 Å². The fourth-order valence-electron chi connectivity index (χ4n) is 3.53. The lowest BCUT2D eigenvalue weighted by atomic mass is 10.0. The third-order valence-corrected chi connectivity index (χ3v) is 5.20. The summed E-state index contributed by atoms with van der Waals surface area (Å²) in [5, 5.41) is 0.686. The van der Waals surface area contributed by atoms with E-state index in [4.69, 9.17) is 11.6 Å². The topological polar surface area (TPSA) is 28.6 Å². The highest BCUT2D eigenvalue weighted by atomic mass is 35.5. The third-order valence-electron chi connectivity index (χ3n) is 4.95. The van der Waals surface area contributed by atoms with Gasteiger partial charge < -0.3 is 9.64 Å². The van der Waals surface area contributed by atoms with Crippen LogP contribution in [0.15, 0.2) is 67.0 Å². The number of ether oxygens (including phenoxy) is 1. The van der Waals surface area contributed by atoms with Crippen LogP contribution in [0, 0.1) is 0 Å². The standard InChI is InChI=1S/C22H19ClF3N3O/c23-18-3-1-16(2-4-18)21-13-27-10-9-17(21)14-28-11-12-29(15-28)19-5-7-20(8-6-19)30-22(24,25)26/h1-10,13H,11-12,14-15H2. The number of hydrogen-bond donors (Lipinski definition) is 0. The van der Waals surface area contributed by atoms with Crippen LogP contribution in [0.5, 0.6) is 5.75 Å². The first kappa shape index (κ1) is 20.5. The SMILES string of the molecule is FC(F)(F)Oc1ccc(N2CCN(Cc3ccncc3-c3ccc(Cl)cc3)C2)cc1. The number of benzene rings is 2. The Morgan fingerprint density at radius 3 is 2.40 bits per heavy atom. The molecule has 0 spiro atoms. The molecule has 0 aliphatic carbocycles. The Kier molecular flexibility index (Phi) is 5.83. The van der Waals surface area contributed by atoms with E-state index in [1.54, 1.807) is 18.3 Å². The second-order valence-electron chi connectivity index (χ2n) is 7.04. The molecule has 1 aliphatic heterocycles. The summed E-state index contributed by atoms with van der Waals surface area (Å²) in [6, 6.07) is 15.7. The molecule has 2 aromatic carbocycles. The van der Waals surface area contributed by atoms with E-state index in [-0.39, 0.29) is 5.75 Å². The highest BCUT2D eigenvalue weighted by Gasteiger charge is 2.31. The molecule has 1 aliphatic rings. The summed E-state index contributed by atoms with van der Waals surface area (Å²) < 4.78 is 40.9. The minimum absolute atomic E-state index is 0.216. The molecule has 0 unspecified atom stereocenters. The number of hydrogen-bond acceptors (Lipinski definition) is 4. The Labute approximate surface area is 177 Å². The molecule has 0 saturated carbocycles. The molecule has 0 atom stereocenters. The highest BCUT2D eigenvalue weighted by Crippen LogP contribution is 2.29. The summed E-state index contributed by atoms with van der Waals surface area (Å²) in [5.41, 5.74) is 4.13. The van der Waals surface area contributed by atoms with E-state index in [0.717, 1.165) is 42.0 Å². The minimum atomic E-state index is -4.68. The van der Waals surface area contributed by atoms with Crippen molar-refractivity contribution in [2.24, 2.45) is 0 Å². The van der Waals surface area contributed by atoms with Crippen LogP contribution in [-0.2, 0) is 6.54 Å². The van der Waals surface area contributed by atoms with Gasteiger partial charge in [0.1, 0.15) is 5.75 Å². The van der Waals surface area contributed by atoms with E-state index in [1.807, 2.05) is 36.5 Å². The summed E-state index contributed by atoms with van der Waals surface area (Å²) in [4.78, 5) is 8.67. The van der Waals surface area contributed by atoms with Crippen molar-refractivity contribution in [3.05, 3.63) is 77.6 Å². The molecule has 30 heavy (non-hydrogen) atoms. The van der Waals surface area contributed by atoms with Gasteiger partial charge in [-0.15, -0.1) is 13.2 Å². The van der Waals surface area contributed by atoms with Crippen molar-refractivity contribution in [3.63, 3.8) is 0 Å². The minimum Gasteiger partial charge on any atom is -0.406 e.